The summed E-state index contributed by atoms with van der Waals surface area (Å²) in [4.78, 5) is 22.8. The molecule has 2 rings (SSSR count). The molecule has 0 radical (unpaired) electrons. The molecule has 7 nitrogen and oxygen atoms in total. The van der Waals surface area contributed by atoms with Crippen molar-refractivity contribution in [3.63, 3.8) is 0 Å². The van der Waals surface area contributed by atoms with E-state index in [1.54, 1.807) is 24.3 Å². The first kappa shape index (κ1) is 18.1. The van der Waals surface area contributed by atoms with Crippen molar-refractivity contribution in [2.45, 2.75) is 13.2 Å². The highest BCUT2D eigenvalue weighted by atomic mass is 16.6. The third kappa shape index (κ3) is 6.06. The summed E-state index contributed by atoms with van der Waals surface area (Å²) >= 11 is 0. The number of ether oxygens (including phenoxy) is 2. The van der Waals surface area contributed by atoms with Crippen LogP contribution in [0.4, 0.5) is 21.0 Å². The van der Waals surface area contributed by atoms with Gasteiger partial charge in [0.15, 0.2) is 0 Å². The van der Waals surface area contributed by atoms with Crippen LogP contribution in [0.2, 0.25) is 0 Å². The second-order valence-corrected chi connectivity index (χ2v) is 5.17. The van der Waals surface area contributed by atoms with Crippen LogP contribution in [0.15, 0.2) is 48.5 Å². The Hall–Kier alpha value is -3.22. The van der Waals surface area contributed by atoms with E-state index in [1.165, 1.54) is 7.05 Å². The number of carbonyl (C=O) groups excluding carboxylic acids is 2. The molecule has 0 aliphatic heterocycles. The quantitative estimate of drug-likeness (QED) is 0.749. The van der Waals surface area contributed by atoms with Crippen molar-refractivity contribution < 1.29 is 19.1 Å². The van der Waals surface area contributed by atoms with Gasteiger partial charge in [0.2, 0.25) is 0 Å². The Kier molecular flexibility index (Phi) is 6.65. The molecule has 2 aromatic carbocycles. The predicted molar refractivity (Wildman–Crippen MR) is 95.5 cm³/mol. The minimum absolute atomic E-state index is 0.160. The SMILES string of the molecule is CNC(=O)OCc1ccc(NC(=O)OCc2ccc(NC)cc2)cc1. The van der Waals surface area contributed by atoms with Crippen LogP contribution < -0.4 is 16.0 Å². The molecule has 25 heavy (non-hydrogen) atoms. The summed E-state index contributed by atoms with van der Waals surface area (Å²) in [5.41, 5.74) is 3.30. The number of rotatable bonds is 6. The van der Waals surface area contributed by atoms with Gasteiger partial charge in [-0.05, 0) is 35.4 Å². The summed E-state index contributed by atoms with van der Waals surface area (Å²) in [6, 6.07) is 14.5. The van der Waals surface area contributed by atoms with Crippen molar-refractivity contribution in [3.8, 4) is 0 Å². The van der Waals surface area contributed by atoms with Gasteiger partial charge in [0.05, 0.1) is 0 Å². The number of hydrogen-bond acceptors (Lipinski definition) is 5. The van der Waals surface area contributed by atoms with Gasteiger partial charge in [0.25, 0.3) is 0 Å². The Morgan fingerprint density at radius 3 is 1.72 bits per heavy atom. The summed E-state index contributed by atoms with van der Waals surface area (Å²) < 4.78 is 10.1. The molecule has 0 heterocycles. The molecule has 2 amide bonds. The molecule has 0 saturated carbocycles. The molecule has 0 bridgehead atoms. The van der Waals surface area contributed by atoms with E-state index < -0.39 is 12.2 Å². The number of amides is 2. The summed E-state index contributed by atoms with van der Waals surface area (Å²) in [5, 5.41) is 8.04. The second-order valence-electron chi connectivity index (χ2n) is 5.17. The highest BCUT2D eigenvalue weighted by molar-refractivity contribution is 5.84. The lowest BCUT2D eigenvalue weighted by molar-refractivity contribution is 0.142. The Morgan fingerprint density at radius 1 is 0.760 bits per heavy atom. The van der Waals surface area contributed by atoms with Gasteiger partial charge in [0, 0.05) is 25.5 Å². The standard InChI is InChI=1S/C18H21N3O4/c1-19-15-7-3-13(4-8-15)12-25-18(23)21-16-9-5-14(6-10-16)11-24-17(22)20-2/h3-10,19H,11-12H2,1-2H3,(H,20,22)(H,21,23). The third-order valence-corrected chi connectivity index (χ3v) is 3.39. The lowest BCUT2D eigenvalue weighted by Crippen LogP contribution is -2.18. The molecule has 0 aliphatic rings. The third-order valence-electron chi connectivity index (χ3n) is 3.39. The maximum Gasteiger partial charge on any atom is 0.411 e. The molecule has 0 atom stereocenters. The number of benzene rings is 2. The van der Waals surface area contributed by atoms with Gasteiger partial charge >= 0.3 is 12.2 Å². The van der Waals surface area contributed by atoms with E-state index in [4.69, 9.17) is 9.47 Å². The maximum absolute atomic E-state index is 11.8. The smallest absolute Gasteiger partial charge is 0.411 e. The first-order valence-electron chi connectivity index (χ1n) is 7.74. The van der Waals surface area contributed by atoms with Crippen molar-refractivity contribution in [2.75, 3.05) is 24.7 Å². The van der Waals surface area contributed by atoms with E-state index in [0.29, 0.717) is 5.69 Å². The second kappa shape index (κ2) is 9.17. The lowest BCUT2D eigenvalue weighted by atomic mass is 10.2. The Balaban J connectivity index is 1.78. The molecule has 0 spiro atoms. The van der Waals surface area contributed by atoms with Crippen LogP contribution in [-0.2, 0) is 22.7 Å². The first-order valence-corrected chi connectivity index (χ1v) is 7.74. The molecule has 0 fully saturated rings. The van der Waals surface area contributed by atoms with Gasteiger partial charge in [-0.15, -0.1) is 0 Å². The van der Waals surface area contributed by atoms with Crippen molar-refractivity contribution in [1.29, 1.82) is 0 Å². The molecule has 2 aromatic rings. The van der Waals surface area contributed by atoms with Crippen molar-refractivity contribution in [1.82, 2.24) is 5.32 Å². The highest BCUT2D eigenvalue weighted by Gasteiger charge is 2.05. The van der Waals surface area contributed by atoms with E-state index >= 15 is 0 Å². The zero-order chi connectivity index (χ0) is 18.1. The molecule has 0 aromatic heterocycles. The van der Waals surface area contributed by atoms with Crippen LogP contribution in [0, 0.1) is 0 Å². The van der Waals surface area contributed by atoms with Gasteiger partial charge < -0.3 is 20.1 Å². The van der Waals surface area contributed by atoms with E-state index in [2.05, 4.69) is 16.0 Å². The largest absolute Gasteiger partial charge is 0.445 e. The van der Waals surface area contributed by atoms with E-state index in [9.17, 15) is 9.59 Å². The molecule has 132 valence electrons. The fraction of sp³-hybridized carbons (Fsp3) is 0.222. The van der Waals surface area contributed by atoms with Gasteiger partial charge in [-0.2, -0.15) is 0 Å². The average Bonchev–Trinajstić information content (AvgIpc) is 2.66. The Bertz CT molecular complexity index is 699. The molecule has 7 heteroatoms. The molecule has 0 saturated heterocycles. The molecular formula is C18H21N3O4. The normalized spacial score (nSPS) is 9.84. The van der Waals surface area contributed by atoms with E-state index in [1.807, 2.05) is 31.3 Å². The van der Waals surface area contributed by atoms with Crippen LogP contribution >= 0.6 is 0 Å². The topological polar surface area (TPSA) is 88.7 Å². The summed E-state index contributed by atoms with van der Waals surface area (Å²) in [6.45, 7) is 0.348. The predicted octanol–water partition coefficient (Wildman–Crippen LogP) is 3.33. The van der Waals surface area contributed by atoms with Gasteiger partial charge in [-0.25, -0.2) is 9.59 Å². The van der Waals surface area contributed by atoms with Crippen LogP contribution in [-0.4, -0.2) is 26.3 Å². The number of nitrogens with one attached hydrogen (secondary N) is 3. The minimum atomic E-state index is -0.535. The number of carbonyl (C=O) groups is 2. The first-order chi connectivity index (χ1) is 12.1. The van der Waals surface area contributed by atoms with Gasteiger partial charge in [0.1, 0.15) is 13.2 Å². The molecule has 0 aliphatic carbocycles. The van der Waals surface area contributed by atoms with E-state index in [-0.39, 0.29) is 13.2 Å². The van der Waals surface area contributed by atoms with Gasteiger partial charge in [-0.1, -0.05) is 24.3 Å². The van der Waals surface area contributed by atoms with Gasteiger partial charge in [-0.3, -0.25) is 5.32 Å². The zero-order valence-corrected chi connectivity index (χ0v) is 14.2. The fourth-order valence-electron chi connectivity index (χ4n) is 1.98. The van der Waals surface area contributed by atoms with Crippen LogP contribution in [0.5, 0.6) is 0 Å². The molecular weight excluding hydrogens is 322 g/mol. The number of hydrogen-bond donors (Lipinski definition) is 3. The van der Waals surface area contributed by atoms with Crippen LogP contribution in [0.1, 0.15) is 11.1 Å². The minimum Gasteiger partial charge on any atom is -0.445 e. The van der Waals surface area contributed by atoms with Crippen LogP contribution in [0.3, 0.4) is 0 Å². The van der Waals surface area contributed by atoms with Crippen molar-refractivity contribution in [3.05, 3.63) is 59.7 Å². The summed E-state index contributed by atoms with van der Waals surface area (Å²) in [5.74, 6) is 0. The number of anilines is 2. The van der Waals surface area contributed by atoms with E-state index in [0.717, 1.165) is 16.8 Å². The average molecular weight is 343 g/mol. The zero-order valence-electron chi connectivity index (χ0n) is 14.2. The monoisotopic (exact) mass is 343 g/mol. The molecule has 3 N–H and O–H groups in total. The summed E-state index contributed by atoms with van der Waals surface area (Å²) in [7, 11) is 3.34. The highest BCUT2D eigenvalue weighted by Crippen LogP contribution is 2.12. The Labute approximate surface area is 146 Å². The molecule has 0 unspecified atom stereocenters. The Morgan fingerprint density at radius 2 is 1.24 bits per heavy atom. The summed E-state index contributed by atoms with van der Waals surface area (Å²) in [6.07, 6.45) is -1.03. The number of alkyl carbamates (subject to hydrolysis) is 1. The fourth-order valence-corrected chi connectivity index (χ4v) is 1.98. The lowest BCUT2D eigenvalue weighted by Gasteiger charge is -2.09. The maximum atomic E-state index is 11.8. The van der Waals surface area contributed by atoms with Crippen molar-refractivity contribution in [2.24, 2.45) is 0 Å². The van der Waals surface area contributed by atoms with Crippen LogP contribution in [0.25, 0.3) is 0 Å². The van der Waals surface area contributed by atoms with Crippen molar-refractivity contribution >= 4 is 23.6 Å².